The topological polar surface area (TPSA) is 122 Å². The lowest BCUT2D eigenvalue weighted by molar-refractivity contribution is -0.136. The molecular weight excluding hydrogens is 494 g/mol. The Morgan fingerprint density at radius 2 is 2.00 bits per heavy atom. The molecule has 3 aromatic rings. The first-order chi connectivity index (χ1) is 17.7. The molecule has 196 valence electrons. The summed E-state index contributed by atoms with van der Waals surface area (Å²) in [5, 5.41) is 3.32. The maximum absolute atomic E-state index is 12.9. The van der Waals surface area contributed by atoms with Gasteiger partial charge in [-0.1, -0.05) is 36.4 Å². The number of ether oxygens (including phenoxy) is 1. The standard InChI is InChI=1S/C27H31N3O6S/c1-16-7-9-19(10-8-16)24-23(25(31)28-3)21-14-20(18-11-12-18)22(29-26(21)36-24)15-30(37(33)34)13-5-6-17(2)27(32)35-4/h7-10,14,18H,2,5-6,11-13,15H2,1,3-4H3,(H,28,31)(H,33,34). The minimum Gasteiger partial charge on any atom is -0.466 e. The molecule has 2 N–H and O–H groups in total. The number of fused-ring (bicyclic) bond motifs is 1. The smallest absolute Gasteiger partial charge is 0.333 e. The second kappa shape index (κ2) is 11.4. The molecule has 1 aliphatic rings. The highest BCUT2D eigenvalue weighted by atomic mass is 32.2. The van der Waals surface area contributed by atoms with Crippen LogP contribution in [0.4, 0.5) is 0 Å². The number of benzene rings is 1. The number of furan rings is 1. The van der Waals surface area contributed by atoms with Crippen LogP contribution < -0.4 is 5.32 Å². The van der Waals surface area contributed by atoms with Gasteiger partial charge in [-0.25, -0.2) is 14.0 Å². The SMILES string of the molecule is C=C(CCCN(Cc1nc2oc(-c3ccc(C)cc3)c(C(=O)NC)c2cc1C1CC1)S(=O)O)C(=O)OC. The van der Waals surface area contributed by atoms with Crippen molar-refractivity contribution in [2.24, 2.45) is 0 Å². The Hall–Kier alpha value is -3.34. The minimum atomic E-state index is -2.25. The van der Waals surface area contributed by atoms with E-state index in [2.05, 4.69) is 16.6 Å². The molecule has 1 aromatic carbocycles. The largest absolute Gasteiger partial charge is 0.466 e. The third kappa shape index (κ3) is 5.98. The van der Waals surface area contributed by atoms with E-state index in [0.29, 0.717) is 46.5 Å². The van der Waals surface area contributed by atoms with E-state index in [1.165, 1.54) is 11.4 Å². The predicted molar refractivity (Wildman–Crippen MR) is 141 cm³/mol. The molecule has 1 fully saturated rings. The number of carbonyl (C=O) groups is 2. The molecule has 9 nitrogen and oxygen atoms in total. The van der Waals surface area contributed by atoms with E-state index in [-0.39, 0.29) is 24.9 Å². The predicted octanol–water partition coefficient (Wildman–Crippen LogP) is 4.49. The zero-order valence-corrected chi connectivity index (χ0v) is 22.0. The van der Waals surface area contributed by atoms with Crippen molar-refractivity contribution in [2.45, 2.75) is 45.1 Å². The van der Waals surface area contributed by atoms with Crippen molar-refractivity contribution in [1.82, 2.24) is 14.6 Å². The van der Waals surface area contributed by atoms with Gasteiger partial charge in [0.15, 0.2) is 0 Å². The fraction of sp³-hybridized carbons (Fsp3) is 0.370. The van der Waals surface area contributed by atoms with Gasteiger partial charge >= 0.3 is 5.97 Å². The normalized spacial score (nSPS) is 14.1. The summed E-state index contributed by atoms with van der Waals surface area (Å²) < 4.78 is 34.3. The molecule has 1 aliphatic carbocycles. The molecule has 2 aromatic heterocycles. The van der Waals surface area contributed by atoms with Gasteiger partial charge in [-0.2, -0.15) is 4.31 Å². The highest BCUT2D eigenvalue weighted by Crippen LogP contribution is 2.44. The number of hydrogen-bond donors (Lipinski definition) is 2. The quantitative estimate of drug-likeness (QED) is 0.215. The Morgan fingerprint density at radius 3 is 2.59 bits per heavy atom. The summed E-state index contributed by atoms with van der Waals surface area (Å²) in [5.74, 6) is -0.0524. The van der Waals surface area contributed by atoms with E-state index >= 15 is 0 Å². The lowest BCUT2D eigenvalue weighted by Crippen LogP contribution is -2.27. The third-order valence-electron chi connectivity index (χ3n) is 6.49. The number of hydrogen-bond acceptors (Lipinski definition) is 6. The van der Waals surface area contributed by atoms with Crippen LogP contribution in [0.1, 0.15) is 58.8 Å². The summed E-state index contributed by atoms with van der Waals surface area (Å²) in [5.41, 5.74) is 4.47. The highest BCUT2D eigenvalue weighted by Gasteiger charge is 2.31. The van der Waals surface area contributed by atoms with Crippen molar-refractivity contribution in [3.63, 3.8) is 0 Å². The lowest BCUT2D eigenvalue weighted by atomic mass is 10.0. The van der Waals surface area contributed by atoms with Crippen LogP contribution >= 0.6 is 0 Å². The van der Waals surface area contributed by atoms with Gasteiger partial charge in [0.25, 0.3) is 5.91 Å². The molecule has 1 amide bonds. The zero-order valence-electron chi connectivity index (χ0n) is 21.2. The van der Waals surface area contributed by atoms with Crippen LogP contribution in [0.5, 0.6) is 0 Å². The first-order valence-corrected chi connectivity index (χ1v) is 13.2. The van der Waals surface area contributed by atoms with Gasteiger partial charge in [-0.3, -0.25) is 9.35 Å². The van der Waals surface area contributed by atoms with Crippen molar-refractivity contribution in [2.75, 3.05) is 20.7 Å². The Balaban J connectivity index is 1.70. The molecule has 0 radical (unpaired) electrons. The monoisotopic (exact) mass is 525 g/mol. The van der Waals surface area contributed by atoms with E-state index < -0.39 is 17.2 Å². The Morgan fingerprint density at radius 1 is 1.30 bits per heavy atom. The number of nitrogens with one attached hydrogen (secondary N) is 1. The van der Waals surface area contributed by atoms with Gasteiger partial charge in [-0.15, -0.1) is 0 Å². The second-order valence-corrected chi connectivity index (χ2v) is 10.2. The summed E-state index contributed by atoms with van der Waals surface area (Å²) >= 11 is -2.25. The van der Waals surface area contributed by atoms with Gasteiger partial charge < -0.3 is 14.5 Å². The van der Waals surface area contributed by atoms with Gasteiger partial charge in [0, 0.05) is 24.7 Å². The number of carbonyl (C=O) groups excluding carboxylic acids is 2. The van der Waals surface area contributed by atoms with Gasteiger partial charge in [0.05, 0.1) is 30.3 Å². The molecule has 10 heteroatoms. The van der Waals surface area contributed by atoms with E-state index in [4.69, 9.17) is 9.40 Å². The van der Waals surface area contributed by atoms with Gasteiger partial charge in [0.2, 0.25) is 17.0 Å². The fourth-order valence-corrected chi connectivity index (χ4v) is 4.82. The molecule has 1 unspecified atom stereocenters. The first-order valence-electron chi connectivity index (χ1n) is 12.1. The summed E-state index contributed by atoms with van der Waals surface area (Å²) in [7, 11) is 2.87. The average Bonchev–Trinajstić information content (AvgIpc) is 3.67. The van der Waals surface area contributed by atoms with Crippen molar-refractivity contribution in [3.05, 3.63) is 64.9 Å². The number of rotatable bonds is 11. The van der Waals surface area contributed by atoms with Crippen LogP contribution in [0.2, 0.25) is 0 Å². The number of nitrogens with zero attached hydrogens (tertiary/aromatic N) is 2. The number of esters is 1. The molecule has 37 heavy (non-hydrogen) atoms. The van der Waals surface area contributed by atoms with Crippen LogP contribution in [0, 0.1) is 6.92 Å². The van der Waals surface area contributed by atoms with Crippen molar-refractivity contribution >= 4 is 34.2 Å². The molecule has 0 saturated heterocycles. The molecule has 4 rings (SSSR count). The number of aromatic nitrogens is 1. The van der Waals surface area contributed by atoms with E-state index in [1.807, 2.05) is 37.3 Å². The van der Waals surface area contributed by atoms with Crippen LogP contribution in [0.25, 0.3) is 22.4 Å². The van der Waals surface area contributed by atoms with E-state index in [0.717, 1.165) is 29.5 Å². The summed E-state index contributed by atoms with van der Waals surface area (Å²) in [6, 6.07) is 9.66. The fourth-order valence-electron chi connectivity index (χ4n) is 4.30. The maximum Gasteiger partial charge on any atom is 0.333 e. The number of pyridine rings is 1. The first kappa shape index (κ1) is 26.7. The van der Waals surface area contributed by atoms with Gasteiger partial charge in [-0.05, 0) is 50.2 Å². The molecular formula is C27H31N3O6S. The Kier molecular flexibility index (Phi) is 8.21. The molecule has 1 atom stereocenters. The molecule has 0 aliphatic heterocycles. The van der Waals surface area contributed by atoms with Crippen LogP contribution in [-0.4, -0.2) is 50.6 Å². The summed E-state index contributed by atoms with van der Waals surface area (Å²) in [6.45, 7) is 6.06. The van der Waals surface area contributed by atoms with Crippen molar-refractivity contribution < 1.29 is 27.5 Å². The number of methoxy groups -OCH3 is 1. The van der Waals surface area contributed by atoms with Gasteiger partial charge in [0.1, 0.15) is 5.76 Å². The minimum absolute atomic E-state index is 0.117. The number of aryl methyl sites for hydroxylation is 1. The molecule has 2 heterocycles. The number of amides is 1. The van der Waals surface area contributed by atoms with Crippen LogP contribution in [-0.2, 0) is 27.3 Å². The molecule has 0 bridgehead atoms. The maximum atomic E-state index is 12.9. The molecule has 1 saturated carbocycles. The Labute approximate surface area is 218 Å². The summed E-state index contributed by atoms with van der Waals surface area (Å²) in [4.78, 5) is 29.3. The Bertz CT molecular complexity index is 1360. The molecule has 0 spiro atoms. The average molecular weight is 526 g/mol. The van der Waals surface area contributed by atoms with Crippen LogP contribution in [0.15, 0.2) is 46.9 Å². The second-order valence-electron chi connectivity index (χ2n) is 9.20. The van der Waals surface area contributed by atoms with Crippen molar-refractivity contribution in [1.29, 1.82) is 0 Å². The third-order valence-corrected chi connectivity index (χ3v) is 7.24. The highest BCUT2D eigenvalue weighted by molar-refractivity contribution is 7.76. The van der Waals surface area contributed by atoms with E-state index in [9.17, 15) is 18.4 Å². The van der Waals surface area contributed by atoms with E-state index in [1.54, 1.807) is 7.05 Å². The lowest BCUT2D eigenvalue weighted by Gasteiger charge is -2.19. The summed E-state index contributed by atoms with van der Waals surface area (Å²) in [6.07, 6.45) is 2.76. The van der Waals surface area contributed by atoms with Crippen molar-refractivity contribution in [3.8, 4) is 11.3 Å². The zero-order chi connectivity index (χ0) is 26.7. The van der Waals surface area contributed by atoms with Crippen LogP contribution in [0.3, 0.4) is 0 Å².